The van der Waals surface area contributed by atoms with Gasteiger partial charge in [-0.3, -0.25) is 4.98 Å². The SMILES string of the molecule is CNS(=O)(=O)c1cccc(CNc2nc(-c3ccccn3)nc(C)c2C)c1. The third kappa shape index (κ3) is 4.29. The third-order valence-electron chi connectivity index (χ3n) is 4.22. The number of nitrogens with zero attached hydrogens (tertiary/aromatic N) is 3. The number of aromatic nitrogens is 3. The minimum Gasteiger partial charge on any atom is -0.366 e. The Kier molecular flexibility index (Phi) is 5.48. The van der Waals surface area contributed by atoms with Gasteiger partial charge in [0.25, 0.3) is 0 Å². The third-order valence-corrected chi connectivity index (χ3v) is 5.63. The Morgan fingerprint density at radius 2 is 1.85 bits per heavy atom. The van der Waals surface area contributed by atoms with Crippen LogP contribution < -0.4 is 10.0 Å². The van der Waals surface area contributed by atoms with Gasteiger partial charge in [-0.1, -0.05) is 18.2 Å². The molecule has 2 N–H and O–H groups in total. The summed E-state index contributed by atoms with van der Waals surface area (Å²) in [5.74, 6) is 1.25. The lowest BCUT2D eigenvalue weighted by Gasteiger charge is -2.13. The predicted octanol–water partition coefficient (Wildman–Crippen LogP) is 2.68. The van der Waals surface area contributed by atoms with Gasteiger partial charge in [0, 0.05) is 24.0 Å². The van der Waals surface area contributed by atoms with E-state index in [-0.39, 0.29) is 4.90 Å². The van der Waals surface area contributed by atoms with Crippen molar-refractivity contribution in [1.82, 2.24) is 19.7 Å². The fourth-order valence-electron chi connectivity index (χ4n) is 2.54. The van der Waals surface area contributed by atoms with Crippen molar-refractivity contribution in [3.05, 3.63) is 65.5 Å². The maximum Gasteiger partial charge on any atom is 0.240 e. The van der Waals surface area contributed by atoms with Crippen molar-refractivity contribution >= 4 is 15.8 Å². The van der Waals surface area contributed by atoms with Gasteiger partial charge >= 0.3 is 0 Å². The molecule has 1 aromatic carbocycles. The van der Waals surface area contributed by atoms with E-state index in [1.165, 1.54) is 7.05 Å². The normalized spacial score (nSPS) is 11.4. The van der Waals surface area contributed by atoms with Crippen LogP contribution in [0.5, 0.6) is 0 Å². The minimum atomic E-state index is -3.47. The maximum atomic E-state index is 12.0. The van der Waals surface area contributed by atoms with Gasteiger partial charge in [0.1, 0.15) is 11.5 Å². The van der Waals surface area contributed by atoms with E-state index in [1.54, 1.807) is 24.4 Å². The Labute approximate surface area is 159 Å². The van der Waals surface area contributed by atoms with E-state index in [0.29, 0.717) is 23.9 Å². The van der Waals surface area contributed by atoms with Crippen molar-refractivity contribution in [2.75, 3.05) is 12.4 Å². The molecule has 140 valence electrons. The number of nitrogens with one attached hydrogen (secondary N) is 2. The van der Waals surface area contributed by atoms with Gasteiger partial charge in [0.2, 0.25) is 10.0 Å². The molecule has 0 fully saturated rings. The van der Waals surface area contributed by atoms with E-state index in [1.807, 2.05) is 38.1 Å². The Balaban J connectivity index is 1.87. The van der Waals surface area contributed by atoms with Crippen molar-refractivity contribution in [3.63, 3.8) is 0 Å². The van der Waals surface area contributed by atoms with Gasteiger partial charge in [0.15, 0.2) is 5.82 Å². The molecule has 0 radical (unpaired) electrons. The first-order chi connectivity index (χ1) is 12.9. The zero-order chi connectivity index (χ0) is 19.4. The molecule has 0 spiro atoms. The molecule has 0 bridgehead atoms. The van der Waals surface area contributed by atoms with E-state index >= 15 is 0 Å². The molecule has 0 saturated carbocycles. The summed E-state index contributed by atoms with van der Waals surface area (Å²) in [6, 6.07) is 12.4. The van der Waals surface area contributed by atoms with Gasteiger partial charge < -0.3 is 5.32 Å². The summed E-state index contributed by atoms with van der Waals surface area (Å²) in [7, 11) is -2.08. The van der Waals surface area contributed by atoms with Crippen LogP contribution in [0.3, 0.4) is 0 Å². The average Bonchev–Trinajstić information content (AvgIpc) is 2.70. The second-order valence-corrected chi connectivity index (χ2v) is 7.92. The number of rotatable bonds is 6. The van der Waals surface area contributed by atoms with E-state index in [0.717, 1.165) is 16.8 Å². The molecule has 0 aliphatic carbocycles. The summed E-state index contributed by atoms with van der Waals surface area (Å²) in [6.07, 6.45) is 1.70. The second-order valence-electron chi connectivity index (χ2n) is 6.03. The fourth-order valence-corrected chi connectivity index (χ4v) is 3.34. The van der Waals surface area contributed by atoms with Gasteiger partial charge in [-0.05, 0) is 50.7 Å². The van der Waals surface area contributed by atoms with Crippen LogP contribution >= 0.6 is 0 Å². The van der Waals surface area contributed by atoms with Crippen LogP contribution in [0.25, 0.3) is 11.5 Å². The summed E-state index contributed by atoms with van der Waals surface area (Å²) >= 11 is 0. The highest BCUT2D eigenvalue weighted by atomic mass is 32.2. The lowest BCUT2D eigenvalue weighted by Crippen LogP contribution is -2.18. The Hall–Kier alpha value is -2.84. The molecule has 2 aromatic heterocycles. The predicted molar refractivity (Wildman–Crippen MR) is 105 cm³/mol. The maximum absolute atomic E-state index is 12.0. The highest BCUT2D eigenvalue weighted by Gasteiger charge is 2.13. The highest BCUT2D eigenvalue weighted by molar-refractivity contribution is 7.89. The largest absolute Gasteiger partial charge is 0.366 e. The highest BCUT2D eigenvalue weighted by Crippen LogP contribution is 2.21. The van der Waals surface area contributed by atoms with E-state index in [2.05, 4.69) is 25.0 Å². The number of pyridine rings is 1. The molecule has 0 aliphatic rings. The molecular formula is C19H21N5O2S. The van der Waals surface area contributed by atoms with Crippen LogP contribution in [0.2, 0.25) is 0 Å². The van der Waals surface area contributed by atoms with Crippen LogP contribution in [-0.2, 0) is 16.6 Å². The topological polar surface area (TPSA) is 96.9 Å². The van der Waals surface area contributed by atoms with Crippen molar-refractivity contribution in [2.24, 2.45) is 0 Å². The second kappa shape index (κ2) is 7.81. The van der Waals surface area contributed by atoms with Crippen LogP contribution in [0.1, 0.15) is 16.8 Å². The quantitative estimate of drug-likeness (QED) is 0.679. The summed E-state index contributed by atoms with van der Waals surface area (Å²) in [5, 5.41) is 3.28. The van der Waals surface area contributed by atoms with Crippen LogP contribution in [0.4, 0.5) is 5.82 Å². The number of hydrogen-bond donors (Lipinski definition) is 2. The number of sulfonamides is 1. The fraction of sp³-hybridized carbons (Fsp3) is 0.211. The molecule has 0 atom stereocenters. The monoisotopic (exact) mass is 383 g/mol. The molecule has 0 saturated heterocycles. The average molecular weight is 383 g/mol. The van der Waals surface area contributed by atoms with Crippen molar-refractivity contribution in [2.45, 2.75) is 25.3 Å². The molecule has 27 heavy (non-hydrogen) atoms. The zero-order valence-electron chi connectivity index (χ0n) is 15.4. The number of anilines is 1. The lowest BCUT2D eigenvalue weighted by atomic mass is 10.2. The number of aryl methyl sites for hydroxylation is 1. The van der Waals surface area contributed by atoms with Gasteiger partial charge in [-0.15, -0.1) is 0 Å². The molecule has 0 aliphatic heterocycles. The lowest BCUT2D eigenvalue weighted by molar-refractivity contribution is 0.588. The Bertz CT molecular complexity index is 1050. The van der Waals surface area contributed by atoms with Gasteiger partial charge in [-0.2, -0.15) is 0 Å². The van der Waals surface area contributed by atoms with E-state index in [9.17, 15) is 8.42 Å². The molecule has 3 rings (SSSR count). The number of benzene rings is 1. The Morgan fingerprint density at radius 1 is 1.04 bits per heavy atom. The molecule has 0 unspecified atom stereocenters. The first kappa shape index (κ1) is 18.9. The summed E-state index contributed by atoms with van der Waals surface area (Å²) in [6.45, 7) is 4.31. The first-order valence-electron chi connectivity index (χ1n) is 8.43. The van der Waals surface area contributed by atoms with Crippen LogP contribution in [0, 0.1) is 13.8 Å². The first-order valence-corrected chi connectivity index (χ1v) is 9.92. The van der Waals surface area contributed by atoms with E-state index in [4.69, 9.17) is 0 Å². The molecule has 8 heteroatoms. The standard InChI is InChI=1S/C19H21N5O2S/c1-13-14(2)23-19(17-9-4-5-10-21-17)24-18(13)22-12-15-7-6-8-16(11-15)27(25,26)20-3/h4-11,20H,12H2,1-3H3,(H,22,23,24). The van der Waals surface area contributed by atoms with Gasteiger partial charge in [-0.25, -0.2) is 23.1 Å². The van der Waals surface area contributed by atoms with Crippen molar-refractivity contribution < 1.29 is 8.42 Å². The summed E-state index contributed by atoms with van der Waals surface area (Å²) < 4.78 is 26.3. The molecule has 2 heterocycles. The molecule has 3 aromatic rings. The molecular weight excluding hydrogens is 362 g/mol. The van der Waals surface area contributed by atoms with E-state index < -0.39 is 10.0 Å². The summed E-state index contributed by atoms with van der Waals surface area (Å²) in [5.41, 5.74) is 3.33. The minimum absolute atomic E-state index is 0.231. The van der Waals surface area contributed by atoms with Crippen LogP contribution in [0.15, 0.2) is 53.6 Å². The van der Waals surface area contributed by atoms with Crippen LogP contribution in [-0.4, -0.2) is 30.4 Å². The smallest absolute Gasteiger partial charge is 0.240 e. The summed E-state index contributed by atoms with van der Waals surface area (Å²) in [4.78, 5) is 13.6. The van der Waals surface area contributed by atoms with Crippen molar-refractivity contribution in [1.29, 1.82) is 0 Å². The zero-order valence-corrected chi connectivity index (χ0v) is 16.2. The molecule has 7 nitrogen and oxygen atoms in total. The van der Waals surface area contributed by atoms with Gasteiger partial charge in [0.05, 0.1) is 4.90 Å². The Morgan fingerprint density at radius 3 is 2.56 bits per heavy atom. The van der Waals surface area contributed by atoms with Crippen molar-refractivity contribution in [3.8, 4) is 11.5 Å². The number of hydrogen-bond acceptors (Lipinski definition) is 6. The molecule has 0 amide bonds.